The van der Waals surface area contributed by atoms with E-state index in [1.54, 1.807) is 12.1 Å². The van der Waals surface area contributed by atoms with Crippen molar-refractivity contribution in [2.45, 2.75) is 4.21 Å². The van der Waals surface area contributed by atoms with Crippen LogP contribution in [0.3, 0.4) is 0 Å². The first-order chi connectivity index (χ1) is 8.30. The van der Waals surface area contributed by atoms with E-state index in [2.05, 4.69) is 4.98 Å². The molecule has 0 bridgehead atoms. The van der Waals surface area contributed by atoms with Gasteiger partial charge in [0.15, 0.2) is 4.21 Å². The van der Waals surface area contributed by atoms with Crippen LogP contribution < -0.4 is 5.14 Å². The molecule has 0 aliphatic carbocycles. The molecule has 9 heteroatoms. The molecule has 0 spiro atoms. The molecule has 2 aromatic rings. The molecule has 0 saturated heterocycles. The number of sulfonamides is 1. The summed E-state index contributed by atoms with van der Waals surface area (Å²) in [6, 6.07) is 3.17. The first kappa shape index (κ1) is 14.0. The summed E-state index contributed by atoms with van der Waals surface area (Å²) in [5.41, 5.74) is 0.506. The van der Waals surface area contributed by atoms with Gasteiger partial charge in [-0.05, 0) is 12.1 Å². The van der Waals surface area contributed by atoms with E-state index in [9.17, 15) is 8.42 Å². The summed E-state index contributed by atoms with van der Waals surface area (Å²) in [4.78, 5) is 3.96. The van der Waals surface area contributed by atoms with Gasteiger partial charge in [-0.25, -0.2) is 18.5 Å². The first-order valence-corrected chi connectivity index (χ1v) is 7.93. The Bertz CT molecular complexity index is 713. The number of hydrogen-bond acceptors (Lipinski definition) is 4. The van der Waals surface area contributed by atoms with Crippen LogP contribution in [0.5, 0.6) is 0 Å². The fourth-order valence-corrected chi connectivity index (χ4v) is 3.47. The average Bonchev–Trinajstić information content (AvgIpc) is 2.75. The van der Waals surface area contributed by atoms with Gasteiger partial charge in [0.2, 0.25) is 10.0 Å². The van der Waals surface area contributed by atoms with Crippen molar-refractivity contribution >= 4 is 56.2 Å². The van der Waals surface area contributed by atoms with Gasteiger partial charge in [0.1, 0.15) is 5.01 Å². The molecule has 0 amide bonds. The van der Waals surface area contributed by atoms with Gasteiger partial charge in [-0.2, -0.15) is 0 Å². The number of nitrogens with zero attached hydrogens (tertiary/aromatic N) is 1. The molecular weight excluding hydrogens is 339 g/mol. The summed E-state index contributed by atoms with van der Waals surface area (Å²) in [6.07, 6.45) is 1.17. The molecule has 0 aliphatic rings. The molecule has 2 N–H and O–H groups in total. The zero-order valence-corrected chi connectivity index (χ0v) is 12.4. The summed E-state index contributed by atoms with van der Waals surface area (Å²) in [5, 5.41) is 6.14. The fraction of sp³-hybridized carbons (Fsp3) is 0. The van der Waals surface area contributed by atoms with E-state index < -0.39 is 10.0 Å². The number of aromatic nitrogens is 1. The summed E-state index contributed by atoms with van der Waals surface area (Å²) in [5.74, 6) is 0. The highest BCUT2D eigenvalue weighted by Gasteiger charge is 2.17. The molecule has 0 fully saturated rings. The molecule has 4 nitrogen and oxygen atoms in total. The molecule has 96 valence electrons. The number of hydrogen-bond donors (Lipinski definition) is 1. The van der Waals surface area contributed by atoms with Crippen molar-refractivity contribution in [3.63, 3.8) is 0 Å². The predicted octanol–water partition coefficient (Wildman–Crippen LogP) is 3.42. The van der Waals surface area contributed by atoms with E-state index in [0.717, 1.165) is 11.3 Å². The second-order valence-electron chi connectivity index (χ2n) is 3.25. The monoisotopic (exact) mass is 342 g/mol. The van der Waals surface area contributed by atoms with Gasteiger partial charge in [-0.1, -0.05) is 34.8 Å². The number of rotatable bonds is 2. The van der Waals surface area contributed by atoms with E-state index in [-0.39, 0.29) is 14.3 Å². The number of nitrogens with two attached hydrogens (primary N) is 1. The Morgan fingerprint density at radius 3 is 2.39 bits per heavy atom. The molecule has 1 aromatic heterocycles. The van der Waals surface area contributed by atoms with Crippen molar-refractivity contribution in [1.82, 2.24) is 4.98 Å². The molecule has 18 heavy (non-hydrogen) atoms. The van der Waals surface area contributed by atoms with Crippen LogP contribution >= 0.6 is 46.1 Å². The third-order valence-corrected chi connectivity index (χ3v) is 5.76. The Morgan fingerprint density at radius 1 is 1.17 bits per heavy atom. The Morgan fingerprint density at radius 2 is 1.83 bits per heavy atom. The zero-order chi connectivity index (χ0) is 13.5. The second-order valence-corrected chi connectivity index (χ2v) is 7.23. The van der Waals surface area contributed by atoms with Gasteiger partial charge in [0.05, 0.1) is 21.3 Å². The minimum Gasteiger partial charge on any atom is -0.243 e. The lowest BCUT2D eigenvalue weighted by Gasteiger charge is -2.03. The van der Waals surface area contributed by atoms with Crippen LogP contribution in [-0.2, 0) is 10.0 Å². The van der Waals surface area contributed by atoms with Crippen LogP contribution in [0.15, 0.2) is 22.5 Å². The van der Waals surface area contributed by atoms with Crippen molar-refractivity contribution in [1.29, 1.82) is 0 Å². The summed E-state index contributed by atoms with van der Waals surface area (Å²) < 4.78 is 22.3. The van der Waals surface area contributed by atoms with Gasteiger partial charge in [0, 0.05) is 5.56 Å². The first-order valence-electron chi connectivity index (χ1n) is 4.43. The van der Waals surface area contributed by atoms with Crippen molar-refractivity contribution < 1.29 is 8.42 Å². The highest BCUT2D eigenvalue weighted by atomic mass is 35.5. The minimum atomic E-state index is -3.77. The number of thiazole rings is 1. The van der Waals surface area contributed by atoms with Gasteiger partial charge >= 0.3 is 0 Å². The number of benzene rings is 1. The van der Waals surface area contributed by atoms with E-state index in [4.69, 9.17) is 39.9 Å². The van der Waals surface area contributed by atoms with E-state index in [1.165, 1.54) is 6.20 Å². The SMILES string of the molecule is NS(=O)(=O)c1cnc(-c2ccc(Cl)c(Cl)c2Cl)s1. The molecule has 2 rings (SSSR count). The Labute approximate surface area is 122 Å². The second kappa shape index (κ2) is 4.96. The number of halogens is 3. The largest absolute Gasteiger partial charge is 0.249 e. The van der Waals surface area contributed by atoms with Gasteiger partial charge in [0.25, 0.3) is 0 Å². The molecule has 0 aliphatic heterocycles. The normalized spacial score (nSPS) is 11.8. The minimum absolute atomic E-state index is 0.0420. The van der Waals surface area contributed by atoms with Crippen LogP contribution in [0.1, 0.15) is 0 Å². The molecule has 1 heterocycles. The van der Waals surface area contributed by atoms with E-state index in [1.807, 2.05) is 0 Å². The van der Waals surface area contributed by atoms with Crippen LogP contribution in [-0.4, -0.2) is 13.4 Å². The van der Waals surface area contributed by atoms with Gasteiger partial charge in [-0.3, -0.25) is 0 Å². The Kier molecular flexibility index (Phi) is 3.87. The molecule has 1 aromatic carbocycles. The molecular formula is C9H5Cl3N2O2S2. The van der Waals surface area contributed by atoms with Crippen molar-refractivity contribution in [3.05, 3.63) is 33.4 Å². The summed E-state index contributed by atoms with van der Waals surface area (Å²) >= 11 is 18.6. The topological polar surface area (TPSA) is 73.1 Å². The lowest BCUT2D eigenvalue weighted by atomic mass is 10.2. The van der Waals surface area contributed by atoms with Crippen molar-refractivity contribution in [2.24, 2.45) is 5.14 Å². The predicted molar refractivity (Wildman–Crippen MR) is 74.0 cm³/mol. The highest BCUT2D eigenvalue weighted by molar-refractivity contribution is 7.91. The fourth-order valence-electron chi connectivity index (χ4n) is 1.21. The smallest absolute Gasteiger partial charge is 0.243 e. The lowest BCUT2D eigenvalue weighted by Crippen LogP contribution is -2.09. The molecule has 0 atom stereocenters. The third-order valence-electron chi connectivity index (χ3n) is 2.03. The van der Waals surface area contributed by atoms with Crippen LogP contribution in [0.4, 0.5) is 0 Å². The van der Waals surface area contributed by atoms with E-state index >= 15 is 0 Å². The maximum absolute atomic E-state index is 11.2. The van der Waals surface area contributed by atoms with Crippen LogP contribution in [0.2, 0.25) is 15.1 Å². The van der Waals surface area contributed by atoms with Crippen LogP contribution in [0.25, 0.3) is 10.6 Å². The maximum atomic E-state index is 11.2. The molecule has 0 radical (unpaired) electrons. The zero-order valence-electron chi connectivity index (χ0n) is 8.52. The van der Waals surface area contributed by atoms with Gasteiger partial charge in [-0.15, -0.1) is 11.3 Å². The summed E-state index contributed by atoms with van der Waals surface area (Å²) in [7, 11) is -3.77. The molecule has 0 unspecified atom stereocenters. The average molecular weight is 344 g/mol. The third kappa shape index (κ3) is 2.64. The van der Waals surface area contributed by atoms with E-state index in [0.29, 0.717) is 15.6 Å². The lowest BCUT2D eigenvalue weighted by molar-refractivity contribution is 0.599. The Balaban J connectivity index is 2.57. The highest BCUT2D eigenvalue weighted by Crippen LogP contribution is 2.39. The summed E-state index contributed by atoms with van der Waals surface area (Å²) in [6.45, 7) is 0. The molecule has 0 saturated carbocycles. The van der Waals surface area contributed by atoms with Crippen molar-refractivity contribution in [2.75, 3.05) is 0 Å². The standard InChI is InChI=1S/C9H5Cl3N2O2S2/c10-5-2-1-4(7(11)8(5)12)9-14-3-6(17-9)18(13,15)16/h1-3H,(H2,13,15,16). The van der Waals surface area contributed by atoms with Crippen LogP contribution in [0, 0.1) is 0 Å². The quantitative estimate of drug-likeness (QED) is 0.849. The number of primary sulfonamides is 1. The Hall–Kier alpha value is -0.370. The van der Waals surface area contributed by atoms with Crippen molar-refractivity contribution in [3.8, 4) is 10.6 Å². The maximum Gasteiger partial charge on any atom is 0.249 e. The van der Waals surface area contributed by atoms with Gasteiger partial charge < -0.3 is 0 Å².